The molecule has 4 nitrogen and oxygen atoms in total. The summed E-state index contributed by atoms with van der Waals surface area (Å²) in [6, 6.07) is 5.43. The Bertz CT molecular complexity index is 657. The molecular formula is C16H20N2O2. The molecule has 0 amide bonds. The van der Waals surface area contributed by atoms with Gasteiger partial charge in [-0.15, -0.1) is 0 Å². The Morgan fingerprint density at radius 3 is 2.55 bits per heavy atom. The molecule has 2 rings (SSSR count). The first-order valence-electron chi connectivity index (χ1n) is 6.89. The molecular weight excluding hydrogens is 252 g/mol. The second kappa shape index (κ2) is 5.49. The SMILES string of the molecule is CCc1nn(C)c(CC)c1-c1cccc(C(=O)O)c1C. The van der Waals surface area contributed by atoms with Crippen molar-refractivity contribution in [2.24, 2.45) is 7.05 Å². The van der Waals surface area contributed by atoms with Crippen LogP contribution in [0.25, 0.3) is 11.1 Å². The summed E-state index contributed by atoms with van der Waals surface area (Å²) in [5.41, 5.74) is 5.40. The summed E-state index contributed by atoms with van der Waals surface area (Å²) in [4.78, 5) is 11.3. The lowest BCUT2D eigenvalue weighted by Gasteiger charge is -2.11. The molecule has 4 heteroatoms. The predicted molar refractivity (Wildman–Crippen MR) is 79.1 cm³/mol. The monoisotopic (exact) mass is 272 g/mol. The standard InChI is InChI=1S/C16H20N2O2/c1-5-13-15(14(6-2)18(4)17-13)11-8-7-9-12(10(11)3)16(19)20/h7-9H,5-6H2,1-4H3,(H,19,20). The molecule has 0 spiro atoms. The van der Waals surface area contributed by atoms with E-state index < -0.39 is 5.97 Å². The Hall–Kier alpha value is -2.10. The summed E-state index contributed by atoms with van der Waals surface area (Å²) < 4.78 is 1.90. The number of carbonyl (C=O) groups is 1. The molecule has 0 saturated carbocycles. The molecule has 0 radical (unpaired) electrons. The molecule has 0 aliphatic rings. The molecule has 20 heavy (non-hydrogen) atoms. The van der Waals surface area contributed by atoms with Crippen LogP contribution in [0.3, 0.4) is 0 Å². The van der Waals surface area contributed by atoms with E-state index in [1.807, 2.05) is 24.7 Å². The first-order chi connectivity index (χ1) is 9.51. The van der Waals surface area contributed by atoms with Gasteiger partial charge in [0.25, 0.3) is 0 Å². The number of hydrogen-bond acceptors (Lipinski definition) is 2. The minimum absolute atomic E-state index is 0.357. The van der Waals surface area contributed by atoms with Crippen molar-refractivity contribution in [3.05, 3.63) is 40.7 Å². The maximum Gasteiger partial charge on any atom is 0.335 e. The van der Waals surface area contributed by atoms with Crippen molar-refractivity contribution in [3.8, 4) is 11.1 Å². The quantitative estimate of drug-likeness (QED) is 0.929. The average Bonchev–Trinajstić information content (AvgIpc) is 2.74. The molecule has 1 aromatic carbocycles. The van der Waals surface area contributed by atoms with E-state index in [0.29, 0.717) is 5.56 Å². The highest BCUT2D eigenvalue weighted by molar-refractivity contribution is 5.92. The fraction of sp³-hybridized carbons (Fsp3) is 0.375. The van der Waals surface area contributed by atoms with Crippen LogP contribution in [0, 0.1) is 6.92 Å². The number of carboxylic acids is 1. The minimum atomic E-state index is -0.885. The van der Waals surface area contributed by atoms with Gasteiger partial charge in [0.2, 0.25) is 0 Å². The lowest BCUT2D eigenvalue weighted by molar-refractivity contribution is 0.0696. The van der Waals surface area contributed by atoms with Gasteiger partial charge in [-0.3, -0.25) is 4.68 Å². The van der Waals surface area contributed by atoms with Gasteiger partial charge in [-0.25, -0.2) is 4.79 Å². The number of aryl methyl sites for hydroxylation is 2. The summed E-state index contributed by atoms with van der Waals surface area (Å²) >= 11 is 0. The molecule has 1 aromatic heterocycles. The van der Waals surface area contributed by atoms with Gasteiger partial charge in [0, 0.05) is 18.3 Å². The zero-order chi connectivity index (χ0) is 14.9. The maximum absolute atomic E-state index is 11.3. The lowest BCUT2D eigenvalue weighted by atomic mass is 9.93. The van der Waals surface area contributed by atoms with Gasteiger partial charge < -0.3 is 5.11 Å². The van der Waals surface area contributed by atoms with Crippen molar-refractivity contribution >= 4 is 5.97 Å². The highest BCUT2D eigenvalue weighted by Gasteiger charge is 2.19. The maximum atomic E-state index is 11.3. The van der Waals surface area contributed by atoms with Gasteiger partial charge in [0.05, 0.1) is 11.3 Å². The number of nitrogens with zero attached hydrogens (tertiary/aromatic N) is 2. The molecule has 1 N–H and O–H groups in total. The van der Waals surface area contributed by atoms with Crippen LogP contribution in [0.15, 0.2) is 18.2 Å². The number of carboxylic acid groups (broad SMARTS) is 1. The molecule has 0 unspecified atom stereocenters. The fourth-order valence-corrected chi connectivity index (χ4v) is 2.72. The molecule has 0 atom stereocenters. The van der Waals surface area contributed by atoms with Gasteiger partial charge in [0.15, 0.2) is 0 Å². The Kier molecular flexibility index (Phi) is 3.93. The van der Waals surface area contributed by atoms with Gasteiger partial charge in [-0.05, 0) is 37.0 Å². The van der Waals surface area contributed by atoms with Gasteiger partial charge in [-0.2, -0.15) is 5.10 Å². The number of hydrogen-bond donors (Lipinski definition) is 1. The van der Waals surface area contributed by atoms with Crippen LogP contribution in [0.5, 0.6) is 0 Å². The Morgan fingerprint density at radius 1 is 1.30 bits per heavy atom. The van der Waals surface area contributed by atoms with Crippen molar-refractivity contribution in [1.29, 1.82) is 0 Å². The van der Waals surface area contributed by atoms with Crippen molar-refractivity contribution in [3.63, 3.8) is 0 Å². The molecule has 0 aliphatic heterocycles. The second-order valence-electron chi connectivity index (χ2n) is 4.88. The third-order valence-electron chi connectivity index (χ3n) is 3.74. The van der Waals surface area contributed by atoms with Gasteiger partial charge >= 0.3 is 5.97 Å². The number of benzene rings is 1. The van der Waals surface area contributed by atoms with E-state index in [0.717, 1.165) is 40.9 Å². The van der Waals surface area contributed by atoms with Crippen molar-refractivity contribution in [2.45, 2.75) is 33.6 Å². The second-order valence-corrected chi connectivity index (χ2v) is 4.88. The zero-order valence-corrected chi connectivity index (χ0v) is 12.4. The minimum Gasteiger partial charge on any atom is -0.478 e. The first-order valence-corrected chi connectivity index (χ1v) is 6.89. The predicted octanol–water partition coefficient (Wildman–Crippen LogP) is 3.22. The lowest BCUT2D eigenvalue weighted by Crippen LogP contribution is -2.02. The average molecular weight is 272 g/mol. The smallest absolute Gasteiger partial charge is 0.335 e. The van der Waals surface area contributed by atoms with Crippen molar-refractivity contribution in [1.82, 2.24) is 9.78 Å². The number of aromatic carboxylic acids is 1. The molecule has 1 heterocycles. The van der Waals surface area contributed by atoms with Crippen LogP contribution >= 0.6 is 0 Å². The summed E-state index contributed by atoms with van der Waals surface area (Å²) in [7, 11) is 1.94. The summed E-state index contributed by atoms with van der Waals surface area (Å²) in [5, 5.41) is 13.8. The largest absolute Gasteiger partial charge is 0.478 e. The normalized spacial score (nSPS) is 10.8. The Balaban J connectivity index is 2.74. The van der Waals surface area contributed by atoms with E-state index in [1.165, 1.54) is 0 Å². The molecule has 0 fully saturated rings. The Morgan fingerprint density at radius 2 is 2.00 bits per heavy atom. The van der Waals surface area contributed by atoms with Crippen molar-refractivity contribution < 1.29 is 9.90 Å². The highest BCUT2D eigenvalue weighted by Crippen LogP contribution is 2.32. The summed E-state index contributed by atoms with van der Waals surface area (Å²) in [6.07, 6.45) is 1.70. The topological polar surface area (TPSA) is 55.1 Å². The van der Waals surface area contributed by atoms with E-state index >= 15 is 0 Å². The van der Waals surface area contributed by atoms with E-state index in [1.54, 1.807) is 12.1 Å². The number of rotatable bonds is 4. The van der Waals surface area contributed by atoms with Crippen LogP contribution in [-0.4, -0.2) is 20.9 Å². The van der Waals surface area contributed by atoms with Crippen LogP contribution in [0.1, 0.15) is 41.2 Å². The van der Waals surface area contributed by atoms with Crippen LogP contribution in [0.4, 0.5) is 0 Å². The summed E-state index contributed by atoms with van der Waals surface area (Å²) in [5.74, 6) is -0.885. The van der Waals surface area contributed by atoms with Crippen LogP contribution in [-0.2, 0) is 19.9 Å². The van der Waals surface area contributed by atoms with Gasteiger partial charge in [-0.1, -0.05) is 26.0 Å². The molecule has 2 aromatic rings. The first kappa shape index (κ1) is 14.3. The van der Waals surface area contributed by atoms with Crippen molar-refractivity contribution in [2.75, 3.05) is 0 Å². The van der Waals surface area contributed by atoms with E-state index in [2.05, 4.69) is 18.9 Å². The fourth-order valence-electron chi connectivity index (χ4n) is 2.72. The van der Waals surface area contributed by atoms with Crippen LogP contribution in [0.2, 0.25) is 0 Å². The van der Waals surface area contributed by atoms with Gasteiger partial charge in [0.1, 0.15) is 0 Å². The van der Waals surface area contributed by atoms with E-state index in [4.69, 9.17) is 0 Å². The summed E-state index contributed by atoms with van der Waals surface area (Å²) in [6.45, 7) is 6.03. The van der Waals surface area contributed by atoms with Crippen LogP contribution < -0.4 is 0 Å². The van der Waals surface area contributed by atoms with E-state index in [-0.39, 0.29) is 0 Å². The molecule has 0 bridgehead atoms. The third kappa shape index (κ3) is 2.22. The molecule has 106 valence electrons. The Labute approximate surface area is 119 Å². The van der Waals surface area contributed by atoms with E-state index in [9.17, 15) is 9.90 Å². The molecule has 0 aliphatic carbocycles. The highest BCUT2D eigenvalue weighted by atomic mass is 16.4. The third-order valence-corrected chi connectivity index (χ3v) is 3.74. The molecule has 0 saturated heterocycles. The number of aromatic nitrogens is 2. The zero-order valence-electron chi connectivity index (χ0n) is 12.4.